The third-order valence-electron chi connectivity index (χ3n) is 3.41. The molecule has 1 aliphatic rings. The van der Waals surface area contributed by atoms with E-state index in [9.17, 15) is 9.59 Å². The van der Waals surface area contributed by atoms with Crippen LogP contribution in [-0.4, -0.2) is 48.7 Å². The Bertz CT molecular complexity index is 592. The van der Waals surface area contributed by atoms with Crippen LogP contribution >= 0.6 is 11.6 Å². The van der Waals surface area contributed by atoms with Crippen LogP contribution in [-0.2, 0) is 19.1 Å². The lowest BCUT2D eigenvalue weighted by Gasteiger charge is -2.35. The molecule has 1 aromatic carbocycles. The third-order valence-corrected chi connectivity index (χ3v) is 3.76. The van der Waals surface area contributed by atoms with Crippen molar-refractivity contribution in [3.05, 3.63) is 40.9 Å². The number of carbonyl (C=O) groups excluding carboxylic acids is 2. The van der Waals surface area contributed by atoms with Crippen LogP contribution in [0.1, 0.15) is 19.4 Å². The molecule has 1 saturated heterocycles. The van der Waals surface area contributed by atoms with Gasteiger partial charge >= 0.3 is 5.97 Å². The zero-order chi connectivity index (χ0) is 16.8. The molecule has 1 amide bonds. The molecular weight excluding hydrogens is 318 g/mol. The first-order chi connectivity index (χ1) is 11.0. The van der Waals surface area contributed by atoms with Crippen molar-refractivity contribution in [2.75, 3.05) is 19.7 Å². The summed E-state index contributed by atoms with van der Waals surface area (Å²) in [6, 6.07) is 7.15. The molecule has 2 rings (SSSR count). The molecule has 0 N–H and O–H groups in total. The monoisotopic (exact) mass is 337 g/mol. The number of halogens is 1. The summed E-state index contributed by atoms with van der Waals surface area (Å²) in [5.41, 5.74) is 0.716. The van der Waals surface area contributed by atoms with Crippen LogP contribution in [0.2, 0.25) is 5.02 Å². The van der Waals surface area contributed by atoms with Crippen molar-refractivity contribution in [1.82, 2.24) is 4.90 Å². The fourth-order valence-corrected chi connectivity index (χ4v) is 2.62. The zero-order valence-electron chi connectivity index (χ0n) is 13.2. The van der Waals surface area contributed by atoms with E-state index in [1.54, 1.807) is 29.2 Å². The summed E-state index contributed by atoms with van der Waals surface area (Å²) in [6.45, 7) is 4.57. The molecule has 23 heavy (non-hydrogen) atoms. The molecule has 6 heteroatoms. The van der Waals surface area contributed by atoms with Crippen molar-refractivity contribution >= 4 is 29.6 Å². The minimum absolute atomic E-state index is 0.0153. The molecule has 0 radical (unpaired) electrons. The van der Waals surface area contributed by atoms with Gasteiger partial charge in [-0.05, 0) is 31.6 Å². The van der Waals surface area contributed by atoms with Crippen molar-refractivity contribution in [2.45, 2.75) is 26.1 Å². The lowest BCUT2D eigenvalue weighted by atomic mass is 10.2. The maximum absolute atomic E-state index is 12.1. The van der Waals surface area contributed by atoms with E-state index >= 15 is 0 Å². The molecule has 0 saturated carbocycles. The van der Waals surface area contributed by atoms with E-state index in [1.165, 1.54) is 6.08 Å². The second-order valence-corrected chi connectivity index (χ2v) is 5.93. The van der Waals surface area contributed by atoms with Crippen LogP contribution in [0, 0.1) is 0 Å². The fourth-order valence-electron chi connectivity index (χ4n) is 2.42. The molecule has 2 atom stereocenters. The van der Waals surface area contributed by atoms with Gasteiger partial charge in [-0.3, -0.25) is 4.79 Å². The van der Waals surface area contributed by atoms with Gasteiger partial charge < -0.3 is 14.4 Å². The van der Waals surface area contributed by atoms with Crippen molar-refractivity contribution in [3.8, 4) is 0 Å². The Labute approximate surface area is 140 Å². The van der Waals surface area contributed by atoms with Crippen LogP contribution in [0.5, 0.6) is 0 Å². The van der Waals surface area contributed by atoms with Crippen LogP contribution in [0.4, 0.5) is 0 Å². The van der Waals surface area contributed by atoms with E-state index < -0.39 is 5.97 Å². The lowest BCUT2D eigenvalue weighted by Crippen LogP contribution is -2.49. The number of hydrogen-bond acceptors (Lipinski definition) is 4. The molecule has 1 aliphatic heterocycles. The van der Waals surface area contributed by atoms with Gasteiger partial charge in [0.2, 0.25) is 0 Å². The molecule has 1 fully saturated rings. The second kappa shape index (κ2) is 8.13. The lowest BCUT2D eigenvalue weighted by molar-refractivity contribution is -0.154. The number of esters is 1. The van der Waals surface area contributed by atoms with Gasteiger partial charge in [-0.25, -0.2) is 4.79 Å². The van der Waals surface area contributed by atoms with E-state index in [-0.39, 0.29) is 24.7 Å². The van der Waals surface area contributed by atoms with E-state index in [1.807, 2.05) is 19.9 Å². The Morgan fingerprint density at radius 3 is 2.61 bits per heavy atom. The van der Waals surface area contributed by atoms with Gasteiger partial charge in [0.05, 0.1) is 12.2 Å². The molecule has 1 aromatic rings. The summed E-state index contributed by atoms with van der Waals surface area (Å²) < 4.78 is 10.6. The minimum Gasteiger partial charge on any atom is -0.452 e. The SMILES string of the molecule is CC1CN(C(=O)COC(=O)C=Cc2ccccc2Cl)CC(C)O1. The van der Waals surface area contributed by atoms with Gasteiger partial charge in [-0.2, -0.15) is 0 Å². The number of benzene rings is 1. The Kier molecular flexibility index (Phi) is 6.19. The summed E-state index contributed by atoms with van der Waals surface area (Å²) >= 11 is 5.99. The Morgan fingerprint density at radius 1 is 1.30 bits per heavy atom. The second-order valence-electron chi connectivity index (χ2n) is 5.52. The predicted octanol–water partition coefficient (Wildman–Crippen LogP) is 2.53. The molecule has 124 valence electrons. The van der Waals surface area contributed by atoms with E-state index in [0.29, 0.717) is 23.7 Å². The minimum atomic E-state index is -0.576. The average molecular weight is 338 g/mol. The van der Waals surface area contributed by atoms with Crippen molar-refractivity contribution in [1.29, 1.82) is 0 Å². The van der Waals surface area contributed by atoms with Crippen LogP contribution in [0.3, 0.4) is 0 Å². The normalized spacial score (nSPS) is 21.4. The number of rotatable bonds is 4. The van der Waals surface area contributed by atoms with Gasteiger partial charge in [0.25, 0.3) is 5.91 Å². The smallest absolute Gasteiger partial charge is 0.331 e. The standard InChI is InChI=1S/C17H20ClNO4/c1-12-9-19(10-13(2)23-12)16(20)11-22-17(21)8-7-14-5-3-4-6-15(14)18/h3-8,12-13H,9-11H2,1-2H3. The quantitative estimate of drug-likeness (QED) is 0.626. The number of hydrogen-bond donors (Lipinski definition) is 0. The first-order valence-electron chi connectivity index (χ1n) is 7.48. The number of nitrogens with zero attached hydrogens (tertiary/aromatic N) is 1. The van der Waals surface area contributed by atoms with Gasteiger partial charge in [0.15, 0.2) is 6.61 Å². The van der Waals surface area contributed by atoms with Gasteiger partial charge in [0.1, 0.15) is 0 Å². The van der Waals surface area contributed by atoms with Crippen molar-refractivity contribution < 1.29 is 19.1 Å². The largest absolute Gasteiger partial charge is 0.452 e. The van der Waals surface area contributed by atoms with Gasteiger partial charge in [-0.1, -0.05) is 29.8 Å². The molecule has 0 aromatic heterocycles. The van der Waals surface area contributed by atoms with E-state index in [0.717, 1.165) is 0 Å². The third kappa shape index (κ3) is 5.37. The highest BCUT2D eigenvalue weighted by atomic mass is 35.5. The molecule has 2 unspecified atom stereocenters. The Hall–Kier alpha value is -1.85. The van der Waals surface area contributed by atoms with Crippen molar-refractivity contribution in [2.24, 2.45) is 0 Å². The topological polar surface area (TPSA) is 55.8 Å². The number of ether oxygens (including phenoxy) is 2. The van der Waals surface area contributed by atoms with Crippen LogP contribution in [0.25, 0.3) is 6.08 Å². The highest BCUT2D eigenvalue weighted by Gasteiger charge is 2.26. The predicted molar refractivity (Wildman–Crippen MR) is 88.0 cm³/mol. The summed E-state index contributed by atoms with van der Waals surface area (Å²) in [5.74, 6) is -0.792. The molecule has 0 aliphatic carbocycles. The Balaban J connectivity index is 1.82. The summed E-state index contributed by atoms with van der Waals surface area (Å²) in [4.78, 5) is 25.4. The number of amides is 1. The van der Waals surface area contributed by atoms with Gasteiger partial charge in [0, 0.05) is 24.2 Å². The van der Waals surface area contributed by atoms with Gasteiger partial charge in [-0.15, -0.1) is 0 Å². The maximum Gasteiger partial charge on any atom is 0.331 e. The van der Waals surface area contributed by atoms with Crippen molar-refractivity contribution in [3.63, 3.8) is 0 Å². The highest BCUT2D eigenvalue weighted by Crippen LogP contribution is 2.16. The summed E-state index contributed by atoms with van der Waals surface area (Å²) in [7, 11) is 0. The van der Waals surface area contributed by atoms with E-state index in [4.69, 9.17) is 21.1 Å². The molecule has 0 spiro atoms. The molecule has 0 bridgehead atoms. The Morgan fingerprint density at radius 2 is 1.96 bits per heavy atom. The van der Waals surface area contributed by atoms with Crippen LogP contribution < -0.4 is 0 Å². The number of carbonyl (C=O) groups is 2. The molecule has 5 nitrogen and oxygen atoms in total. The van der Waals surface area contributed by atoms with Crippen LogP contribution in [0.15, 0.2) is 30.3 Å². The molecule has 1 heterocycles. The fraction of sp³-hybridized carbons (Fsp3) is 0.412. The first kappa shape index (κ1) is 17.5. The summed E-state index contributed by atoms with van der Waals surface area (Å²) in [6.07, 6.45) is 2.80. The number of morpholine rings is 1. The first-order valence-corrected chi connectivity index (χ1v) is 7.86. The maximum atomic E-state index is 12.1. The zero-order valence-corrected chi connectivity index (χ0v) is 14.0. The summed E-state index contributed by atoms with van der Waals surface area (Å²) in [5, 5.41) is 0.545. The molecular formula is C17H20ClNO4. The average Bonchev–Trinajstić information content (AvgIpc) is 2.51. The van der Waals surface area contributed by atoms with E-state index in [2.05, 4.69) is 0 Å². The highest BCUT2D eigenvalue weighted by molar-refractivity contribution is 6.32.